The zero-order valence-corrected chi connectivity index (χ0v) is 19.8. The number of hydrogen-bond acceptors (Lipinski definition) is 4. The first-order valence-electron chi connectivity index (χ1n) is 11.1. The number of carbonyl (C=O) groups excluding carboxylic acids is 3. The van der Waals surface area contributed by atoms with Crippen LogP contribution in [0.1, 0.15) is 12.5 Å². The third-order valence-corrected chi connectivity index (χ3v) is 5.90. The maximum atomic E-state index is 13.4. The van der Waals surface area contributed by atoms with Gasteiger partial charge in [0.05, 0.1) is 17.9 Å². The molecule has 0 aromatic heterocycles. The molecular formula is C24H24F6N4O3. The summed E-state index contributed by atoms with van der Waals surface area (Å²) in [5.41, 5.74) is 1.86. The molecule has 2 unspecified atom stereocenters. The van der Waals surface area contributed by atoms with E-state index >= 15 is 0 Å². The lowest BCUT2D eigenvalue weighted by molar-refractivity contribution is -0.278. The highest BCUT2D eigenvalue weighted by molar-refractivity contribution is 6.05. The molecule has 0 saturated carbocycles. The number of rotatable bonds is 7. The highest BCUT2D eigenvalue weighted by Gasteiger charge is 2.57. The number of para-hydroxylation sites is 2. The van der Waals surface area contributed by atoms with Crippen LogP contribution in [0.4, 0.5) is 37.7 Å². The second-order valence-electron chi connectivity index (χ2n) is 8.60. The van der Waals surface area contributed by atoms with Gasteiger partial charge in [0.15, 0.2) is 0 Å². The van der Waals surface area contributed by atoms with Crippen molar-refractivity contribution in [2.45, 2.75) is 31.6 Å². The van der Waals surface area contributed by atoms with Crippen LogP contribution >= 0.6 is 0 Å². The van der Waals surface area contributed by atoms with Crippen LogP contribution in [0.2, 0.25) is 0 Å². The van der Waals surface area contributed by atoms with Gasteiger partial charge in [-0.05, 0) is 36.8 Å². The lowest BCUT2D eigenvalue weighted by Crippen LogP contribution is -2.54. The van der Waals surface area contributed by atoms with Crippen LogP contribution in [-0.4, -0.2) is 56.0 Å². The summed E-state index contributed by atoms with van der Waals surface area (Å²) in [4.78, 5) is 41.0. The first-order chi connectivity index (χ1) is 17.2. The molecule has 0 radical (unpaired) electrons. The van der Waals surface area contributed by atoms with E-state index in [9.17, 15) is 40.7 Å². The van der Waals surface area contributed by atoms with Gasteiger partial charge >= 0.3 is 12.1 Å². The number of amides is 3. The highest BCUT2D eigenvalue weighted by atomic mass is 19.4. The quantitative estimate of drug-likeness (QED) is 0.426. The molecule has 0 aliphatic carbocycles. The molecule has 1 aliphatic rings. The molecule has 0 saturated heterocycles. The van der Waals surface area contributed by atoms with Crippen molar-refractivity contribution in [3.8, 4) is 0 Å². The van der Waals surface area contributed by atoms with E-state index in [4.69, 9.17) is 0 Å². The first-order valence-corrected chi connectivity index (χ1v) is 11.1. The average molecular weight is 530 g/mol. The summed E-state index contributed by atoms with van der Waals surface area (Å²) >= 11 is 0. The molecule has 0 fully saturated rings. The van der Waals surface area contributed by atoms with Crippen molar-refractivity contribution < 1.29 is 40.7 Å². The molecule has 0 bridgehead atoms. The number of nitrogens with zero attached hydrogens (tertiary/aromatic N) is 2. The Balaban J connectivity index is 1.77. The SMILES string of the molecule is CC(C(=O)NCC(F)(F)C(F)(F)F)C(=O)NC1CN(Cc2ccc(F)cc2)c2ccccc2N(C)C1=O. The fourth-order valence-electron chi connectivity index (χ4n) is 3.70. The van der Waals surface area contributed by atoms with Gasteiger partial charge in [0.25, 0.3) is 5.91 Å². The number of fused-ring (bicyclic) bond motifs is 1. The number of halogens is 6. The van der Waals surface area contributed by atoms with Crippen LogP contribution < -0.4 is 20.4 Å². The Bertz CT molecular complexity index is 1160. The third-order valence-electron chi connectivity index (χ3n) is 5.90. The molecule has 2 aromatic carbocycles. The van der Waals surface area contributed by atoms with Gasteiger partial charge in [0, 0.05) is 20.1 Å². The number of benzene rings is 2. The summed E-state index contributed by atoms with van der Waals surface area (Å²) in [6.45, 7) is -0.845. The van der Waals surface area contributed by atoms with Crippen LogP contribution in [0, 0.1) is 11.7 Å². The van der Waals surface area contributed by atoms with Crippen LogP contribution in [0.25, 0.3) is 0 Å². The minimum Gasteiger partial charge on any atom is -0.363 e. The Morgan fingerprint density at radius 2 is 1.59 bits per heavy atom. The van der Waals surface area contributed by atoms with E-state index in [0.717, 1.165) is 6.92 Å². The predicted octanol–water partition coefficient (Wildman–Crippen LogP) is 3.24. The lowest BCUT2D eigenvalue weighted by atomic mass is 10.1. The average Bonchev–Trinajstić information content (AvgIpc) is 2.94. The number of anilines is 2. The lowest BCUT2D eigenvalue weighted by Gasteiger charge is -2.27. The predicted molar refractivity (Wildman–Crippen MR) is 122 cm³/mol. The van der Waals surface area contributed by atoms with Crippen molar-refractivity contribution >= 4 is 29.1 Å². The number of likely N-dealkylation sites (N-methyl/N-ethyl adjacent to an activating group) is 1. The second kappa shape index (κ2) is 10.7. The number of alkyl halides is 5. The van der Waals surface area contributed by atoms with Gasteiger partial charge in [0.2, 0.25) is 11.8 Å². The van der Waals surface area contributed by atoms with Gasteiger partial charge in [-0.15, -0.1) is 0 Å². The van der Waals surface area contributed by atoms with E-state index in [0.29, 0.717) is 16.9 Å². The molecule has 1 aliphatic heterocycles. The molecule has 2 N–H and O–H groups in total. The molecule has 1 heterocycles. The van der Waals surface area contributed by atoms with Gasteiger partial charge in [-0.3, -0.25) is 14.4 Å². The van der Waals surface area contributed by atoms with Crippen molar-refractivity contribution in [2.24, 2.45) is 5.92 Å². The third kappa shape index (κ3) is 6.33. The maximum Gasteiger partial charge on any atom is 0.455 e. The van der Waals surface area contributed by atoms with Gasteiger partial charge in [-0.2, -0.15) is 22.0 Å². The Labute approximate surface area is 208 Å². The molecule has 2 aromatic rings. The van der Waals surface area contributed by atoms with E-state index in [1.54, 1.807) is 41.3 Å². The molecule has 2 atom stereocenters. The zero-order valence-electron chi connectivity index (χ0n) is 19.8. The van der Waals surface area contributed by atoms with Gasteiger partial charge in [0.1, 0.15) is 17.8 Å². The molecule has 7 nitrogen and oxygen atoms in total. The standard InChI is InChI=1S/C24H24F6N4O3/c1-14(20(35)31-13-23(26,27)24(28,29)30)21(36)32-17-12-34(11-15-7-9-16(25)10-8-15)19-6-4-3-5-18(19)33(2)22(17)37/h3-10,14,17H,11-13H2,1-2H3,(H,31,35)(H,32,36). The fourth-order valence-corrected chi connectivity index (χ4v) is 3.70. The summed E-state index contributed by atoms with van der Waals surface area (Å²) in [5.74, 6) is -10.2. The monoisotopic (exact) mass is 530 g/mol. The topological polar surface area (TPSA) is 81.8 Å². The number of hydrogen-bond donors (Lipinski definition) is 2. The fraction of sp³-hybridized carbons (Fsp3) is 0.375. The van der Waals surface area contributed by atoms with Crippen molar-refractivity contribution in [2.75, 3.05) is 29.9 Å². The minimum atomic E-state index is -5.87. The van der Waals surface area contributed by atoms with Crippen molar-refractivity contribution in [3.63, 3.8) is 0 Å². The van der Waals surface area contributed by atoms with Crippen LogP contribution in [0.3, 0.4) is 0 Å². The number of carbonyl (C=O) groups is 3. The van der Waals surface area contributed by atoms with Crippen molar-refractivity contribution in [1.29, 1.82) is 0 Å². The van der Waals surface area contributed by atoms with Crippen LogP contribution in [0.5, 0.6) is 0 Å². The molecule has 37 heavy (non-hydrogen) atoms. The molecule has 3 rings (SSSR count). The minimum absolute atomic E-state index is 0.0657. The normalized spacial score (nSPS) is 17.1. The Morgan fingerprint density at radius 3 is 2.19 bits per heavy atom. The van der Waals surface area contributed by atoms with Crippen LogP contribution in [0.15, 0.2) is 48.5 Å². The Hall–Kier alpha value is -3.77. The zero-order chi connectivity index (χ0) is 27.5. The number of nitrogens with one attached hydrogen (secondary N) is 2. The summed E-state index contributed by atoms with van der Waals surface area (Å²) < 4.78 is 76.7. The van der Waals surface area contributed by atoms with E-state index in [1.165, 1.54) is 29.4 Å². The second-order valence-corrected chi connectivity index (χ2v) is 8.60. The largest absolute Gasteiger partial charge is 0.455 e. The van der Waals surface area contributed by atoms with E-state index in [2.05, 4.69) is 5.32 Å². The maximum absolute atomic E-state index is 13.4. The van der Waals surface area contributed by atoms with Gasteiger partial charge < -0.3 is 20.4 Å². The summed E-state index contributed by atoms with van der Waals surface area (Å²) in [7, 11) is 1.48. The van der Waals surface area contributed by atoms with Crippen molar-refractivity contribution in [1.82, 2.24) is 10.6 Å². The van der Waals surface area contributed by atoms with Gasteiger partial charge in [-0.25, -0.2) is 4.39 Å². The molecule has 200 valence electrons. The van der Waals surface area contributed by atoms with Crippen LogP contribution in [-0.2, 0) is 20.9 Å². The highest BCUT2D eigenvalue weighted by Crippen LogP contribution is 2.35. The summed E-state index contributed by atoms with van der Waals surface area (Å²) in [6.07, 6.45) is -5.87. The summed E-state index contributed by atoms with van der Waals surface area (Å²) in [5, 5.41) is 3.84. The molecular weight excluding hydrogens is 506 g/mol. The Kier molecular flexibility index (Phi) is 8.03. The van der Waals surface area contributed by atoms with E-state index < -0.39 is 54.1 Å². The molecule has 13 heteroatoms. The first kappa shape index (κ1) is 27.8. The van der Waals surface area contributed by atoms with E-state index in [1.807, 2.05) is 0 Å². The molecule has 0 spiro atoms. The smallest absolute Gasteiger partial charge is 0.363 e. The Morgan fingerprint density at radius 1 is 1.00 bits per heavy atom. The molecule has 3 amide bonds. The van der Waals surface area contributed by atoms with Crippen molar-refractivity contribution in [3.05, 3.63) is 59.9 Å². The van der Waals surface area contributed by atoms with E-state index in [-0.39, 0.29) is 13.1 Å². The summed E-state index contributed by atoms with van der Waals surface area (Å²) in [6, 6.07) is 11.4. The van der Waals surface area contributed by atoms with Gasteiger partial charge in [-0.1, -0.05) is 24.3 Å².